The van der Waals surface area contributed by atoms with Crippen LogP contribution in [-0.2, 0) is 23.1 Å². The lowest BCUT2D eigenvalue weighted by Gasteiger charge is -2.33. The topological polar surface area (TPSA) is 68.5 Å². The van der Waals surface area contributed by atoms with Crippen LogP contribution < -0.4 is 4.90 Å². The van der Waals surface area contributed by atoms with Crippen LogP contribution in [0.25, 0.3) is 11.0 Å². The highest BCUT2D eigenvalue weighted by molar-refractivity contribution is 5.87. The second kappa shape index (κ2) is 6.86. The number of hydrogen-bond donors (Lipinski definition) is 0. The van der Waals surface area contributed by atoms with Crippen molar-refractivity contribution in [3.63, 3.8) is 0 Å². The normalized spacial score (nSPS) is 25.6. The zero-order valence-corrected chi connectivity index (χ0v) is 15.2. The molecule has 2 aromatic heterocycles. The number of aryl methyl sites for hydroxylation is 1. The van der Waals surface area contributed by atoms with Crippen LogP contribution in [0.15, 0.2) is 6.20 Å². The fraction of sp³-hybridized carbons (Fsp3) is 0.706. The average molecular weight is 346 g/mol. The summed E-state index contributed by atoms with van der Waals surface area (Å²) in [6.07, 6.45) is 2.33. The highest BCUT2D eigenvalue weighted by Gasteiger charge is 2.24. The van der Waals surface area contributed by atoms with Crippen LogP contribution in [0.2, 0.25) is 0 Å². The average Bonchev–Trinajstić information content (AvgIpc) is 2.96. The van der Waals surface area contributed by atoms with E-state index >= 15 is 0 Å². The monoisotopic (exact) mass is 346 g/mol. The first kappa shape index (κ1) is 16.7. The first-order chi connectivity index (χ1) is 12.1. The Labute approximate surface area is 147 Å². The standard InChI is InChI=1S/C17H26N6O2/c1-12-9-22(4-6-24-12)11-15-19-16-14(8-18-21(16)3)17(20-15)23-5-7-25-13(2)10-23/h8,12-13H,4-7,9-11H2,1-3H3. The molecule has 136 valence electrons. The molecule has 0 aromatic carbocycles. The Morgan fingerprint density at radius 1 is 1.08 bits per heavy atom. The molecule has 8 nitrogen and oxygen atoms in total. The molecule has 2 aliphatic rings. The molecule has 0 spiro atoms. The van der Waals surface area contributed by atoms with Crippen molar-refractivity contribution in [2.45, 2.75) is 32.6 Å². The Hall–Kier alpha value is -1.77. The molecule has 25 heavy (non-hydrogen) atoms. The van der Waals surface area contributed by atoms with Crippen molar-refractivity contribution in [2.24, 2.45) is 7.05 Å². The van der Waals surface area contributed by atoms with Gasteiger partial charge in [0.25, 0.3) is 0 Å². The second-order valence-corrected chi connectivity index (χ2v) is 7.01. The number of anilines is 1. The summed E-state index contributed by atoms with van der Waals surface area (Å²) >= 11 is 0. The van der Waals surface area contributed by atoms with E-state index in [4.69, 9.17) is 19.4 Å². The zero-order chi connectivity index (χ0) is 17.4. The van der Waals surface area contributed by atoms with E-state index in [1.54, 1.807) is 0 Å². The number of aromatic nitrogens is 4. The summed E-state index contributed by atoms with van der Waals surface area (Å²) in [4.78, 5) is 14.3. The van der Waals surface area contributed by atoms with Gasteiger partial charge in [0.05, 0.1) is 43.5 Å². The van der Waals surface area contributed by atoms with Crippen LogP contribution in [0.5, 0.6) is 0 Å². The maximum atomic E-state index is 5.68. The molecule has 0 amide bonds. The van der Waals surface area contributed by atoms with E-state index in [2.05, 4.69) is 28.7 Å². The molecule has 2 unspecified atom stereocenters. The van der Waals surface area contributed by atoms with E-state index in [1.165, 1.54) is 0 Å². The summed E-state index contributed by atoms with van der Waals surface area (Å²) < 4.78 is 13.1. The van der Waals surface area contributed by atoms with Crippen molar-refractivity contribution < 1.29 is 9.47 Å². The van der Waals surface area contributed by atoms with Gasteiger partial charge in [-0.3, -0.25) is 9.58 Å². The first-order valence-electron chi connectivity index (χ1n) is 8.99. The Morgan fingerprint density at radius 3 is 2.60 bits per heavy atom. The van der Waals surface area contributed by atoms with Crippen molar-refractivity contribution >= 4 is 16.9 Å². The van der Waals surface area contributed by atoms with Crippen LogP contribution >= 0.6 is 0 Å². The largest absolute Gasteiger partial charge is 0.376 e. The van der Waals surface area contributed by atoms with Gasteiger partial charge in [0.15, 0.2) is 5.65 Å². The zero-order valence-electron chi connectivity index (χ0n) is 15.2. The van der Waals surface area contributed by atoms with Gasteiger partial charge in [0.1, 0.15) is 11.6 Å². The highest BCUT2D eigenvalue weighted by Crippen LogP contribution is 2.25. The van der Waals surface area contributed by atoms with Crippen LogP contribution in [-0.4, -0.2) is 76.2 Å². The maximum Gasteiger partial charge on any atom is 0.163 e. The van der Waals surface area contributed by atoms with Gasteiger partial charge < -0.3 is 14.4 Å². The smallest absolute Gasteiger partial charge is 0.163 e. The van der Waals surface area contributed by atoms with Gasteiger partial charge in [0.2, 0.25) is 0 Å². The number of ether oxygens (including phenoxy) is 2. The van der Waals surface area contributed by atoms with Crippen molar-refractivity contribution in [3.05, 3.63) is 12.0 Å². The van der Waals surface area contributed by atoms with Gasteiger partial charge in [-0.15, -0.1) is 0 Å². The summed E-state index contributed by atoms with van der Waals surface area (Å²) in [6, 6.07) is 0. The van der Waals surface area contributed by atoms with Crippen LogP contribution in [0, 0.1) is 0 Å². The van der Waals surface area contributed by atoms with Crippen molar-refractivity contribution in [2.75, 3.05) is 44.3 Å². The van der Waals surface area contributed by atoms with Crippen LogP contribution in [0.4, 0.5) is 5.82 Å². The summed E-state index contributed by atoms with van der Waals surface area (Å²) in [6.45, 7) is 9.96. The number of nitrogens with zero attached hydrogens (tertiary/aromatic N) is 6. The molecule has 2 aromatic rings. The number of rotatable bonds is 3. The summed E-state index contributed by atoms with van der Waals surface area (Å²) in [5, 5.41) is 5.40. The summed E-state index contributed by atoms with van der Waals surface area (Å²) in [7, 11) is 1.93. The molecule has 0 bridgehead atoms. The van der Waals surface area contributed by atoms with Crippen LogP contribution in [0.3, 0.4) is 0 Å². The number of morpholine rings is 2. The van der Waals surface area contributed by atoms with Gasteiger partial charge >= 0.3 is 0 Å². The Morgan fingerprint density at radius 2 is 1.84 bits per heavy atom. The predicted molar refractivity (Wildman–Crippen MR) is 94.6 cm³/mol. The predicted octanol–water partition coefficient (Wildman–Crippen LogP) is 0.809. The van der Waals surface area contributed by atoms with Crippen molar-refractivity contribution in [1.29, 1.82) is 0 Å². The molecular formula is C17H26N6O2. The van der Waals surface area contributed by atoms with Gasteiger partial charge in [-0.2, -0.15) is 5.10 Å². The van der Waals surface area contributed by atoms with Gasteiger partial charge in [0, 0.05) is 33.2 Å². The molecule has 4 rings (SSSR count). The molecular weight excluding hydrogens is 320 g/mol. The Balaban J connectivity index is 1.66. The number of fused-ring (bicyclic) bond motifs is 1. The van der Waals surface area contributed by atoms with Crippen molar-refractivity contribution in [1.82, 2.24) is 24.6 Å². The molecule has 4 heterocycles. The lowest BCUT2D eigenvalue weighted by atomic mass is 10.2. The van der Waals surface area contributed by atoms with Crippen molar-refractivity contribution in [3.8, 4) is 0 Å². The lowest BCUT2D eigenvalue weighted by Crippen LogP contribution is -2.42. The third-order valence-electron chi connectivity index (χ3n) is 4.85. The summed E-state index contributed by atoms with van der Waals surface area (Å²) in [5.41, 5.74) is 0.889. The number of hydrogen-bond acceptors (Lipinski definition) is 7. The van der Waals surface area contributed by atoms with E-state index < -0.39 is 0 Å². The quantitative estimate of drug-likeness (QED) is 0.814. The van der Waals surface area contributed by atoms with E-state index in [0.29, 0.717) is 0 Å². The molecule has 0 aliphatic carbocycles. The fourth-order valence-corrected chi connectivity index (χ4v) is 3.61. The molecule has 0 radical (unpaired) electrons. The molecule has 2 fully saturated rings. The minimum absolute atomic E-state index is 0.207. The van der Waals surface area contributed by atoms with Gasteiger partial charge in [-0.05, 0) is 13.8 Å². The molecule has 2 aliphatic heterocycles. The molecule has 2 saturated heterocycles. The fourth-order valence-electron chi connectivity index (χ4n) is 3.61. The third kappa shape index (κ3) is 3.47. The third-order valence-corrected chi connectivity index (χ3v) is 4.85. The van der Waals surface area contributed by atoms with E-state index in [0.717, 1.165) is 68.6 Å². The Kier molecular flexibility index (Phi) is 4.58. The molecule has 2 atom stereocenters. The second-order valence-electron chi connectivity index (χ2n) is 7.01. The lowest BCUT2D eigenvalue weighted by molar-refractivity contribution is -0.0219. The van der Waals surface area contributed by atoms with E-state index in [-0.39, 0.29) is 12.2 Å². The van der Waals surface area contributed by atoms with Crippen LogP contribution in [0.1, 0.15) is 19.7 Å². The Bertz CT molecular complexity index is 748. The van der Waals surface area contributed by atoms with E-state index in [9.17, 15) is 0 Å². The SMILES string of the molecule is CC1CN(Cc2nc(N3CCOC(C)C3)c3cnn(C)c3n2)CCO1. The molecule has 8 heteroatoms. The maximum absolute atomic E-state index is 5.68. The molecule has 0 N–H and O–H groups in total. The van der Waals surface area contributed by atoms with Gasteiger partial charge in [-0.1, -0.05) is 0 Å². The minimum Gasteiger partial charge on any atom is -0.376 e. The highest BCUT2D eigenvalue weighted by atomic mass is 16.5. The first-order valence-corrected chi connectivity index (χ1v) is 8.99. The van der Waals surface area contributed by atoms with E-state index in [1.807, 2.05) is 17.9 Å². The summed E-state index contributed by atoms with van der Waals surface area (Å²) in [5.74, 6) is 1.82. The minimum atomic E-state index is 0.207. The van der Waals surface area contributed by atoms with Gasteiger partial charge in [-0.25, -0.2) is 9.97 Å². The molecule has 0 saturated carbocycles.